The zero-order valence-corrected chi connectivity index (χ0v) is 15.1. The molecule has 0 radical (unpaired) electrons. The number of aromatic nitrogens is 5. The lowest BCUT2D eigenvalue weighted by atomic mass is 10.2. The molecule has 0 aliphatic carbocycles. The van der Waals surface area contributed by atoms with Crippen molar-refractivity contribution >= 4 is 16.8 Å². The first-order valence-corrected chi connectivity index (χ1v) is 9.34. The highest BCUT2D eigenvalue weighted by atomic mass is 16.1. The summed E-state index contributed by atoms with van der Waals surface area (Å²) >= 11 is 0. The van der Waals surface area contributed by atoms with Crippen molar-refractivity contribution in [1.82, 2.24) is 29.6 Å². The van der Waals surface area contributed by atoms with E-state index in [4.69, 9.17) is 0 Å². The van der Waals surface area contributed by atoms with Crippen molar-refractivity contribution in [3.8, 4) is 0 Å². The van der Waals surface area contributed by atoms with E-state index in [9.17, 15) is 9.59 Å². The molecule has 0 saturated carbocycles. The smallest absolute Gasteiger partial charge is 0.261 e. The van der Waals surface area contributed by atoms with Crippen LogP contribution in [0, 0.1) is 0 Å². The number of rotatable bonds is 5. The van der Waals surface area contributed by atoms with E-state index in [1.807, 2.05) is 12.1 Å². The third-order valence-electron chi connectivity index (χ3n) is 4.94. The van der Waals surface area contributed by atoms with Crippen LogP contribution in [0.4, 0.5) is 0 Å². The Balaban J connectivity index is 1.36. The van der Waals surface area contributed by atoms with E-state index in [0.717, 1.165) is 37.5 Å². The lowest BCUT2D eigenvalue weighted by Gasteiger charge is -2.09. The van der Waals surface area contributed by atoms with Crippen molar-refractivity contribution in [2.75, 3.05) is 0 Å². The molecule has 0 fully saturated rings. The first-order chi connectivity index (χ1) is 13.2. The molecule has 140 valence electrons. The van der Waals surface area contributed by atoms with Crippen LogP contribution in [0.5, 0.6) is 0 Å². The maximum absolute atomic E-state index is 12.4. The Morgan fingerprint density at radius 3 is 2.96 bits per heavy atom. The largest absolute Gasteiger partial charge is 0.349 e. The molecule has 0 spiro atoms. The van der Waals surface area contributed by atoms with Gasteiger partial charge in [-0.05, 0) is 25.0 Å². The summed E-state index contributed by atoms with van der Waals surface area (Å²) in [6, 6.07) is 7.20. The van der Waals surface area contributed by atoms with E-state index in [1.165, 1.54) is 17.3 Å². The maximum atomic E-state index is 12.4. The Morgan fingerprint density at radius 2 is 2.04 bits per heavy atom. The van der Waals surface area contributed by atoms with Crippen LogP contribution in [0.1, 0.15) is 37.3 Å². The first kappa shape index (κ1) is 17.4. The molecule has 1 amide bonds. The lowest BCUT2D eigenvalue weighted by Crippen LogP contribution is -2.28. The summed E-state index contributed by atoms with van der Waals surface area (Å²) in [6.45, 7) is 1.56. The fraction of sp³-hybridized carbons (Fsp3) is 0.421. The molecule has 8 nitrogen and oxygen atoms in total. The van der Waals surface area contributed by atoms with Crippen molar-refractivity contribution in [1.29, 1.82) is 0 Å². The van der Waals surface area contributed by atoms with E-state index in [2.05, 4.69) is 25.1 Å². The van der Waals surface area contributed by atoms with Crippen LogP contribution < -0.4 is 10.9 Å². The quantitative estimate of drug-likeness (QED) is 0.737. The Kier molecular flexibility index (Phi) is 4.95. The molecule has 8 heteroatoms. The van der Waals surface area contributed by atoms with Crippen LogP contribution in [0.15, 0.2) is 35.4 Å². The minimum Gasteiger partial charge on any atom is -0.349 e. The van der Waals surface area contributed by atoms with E-state index < -0.39 is 0 Å². The Morgan fingerprint density at radius 1 is 1.15 bits per heavy atom. The molecule has 0 bridgehead atoms. The van der Waals surface area contributed by atoms with E-state index in [0.29, 0.717) is 24.0 Å². The van der Waals surface area contributed by atoms with E-state index >= 15 is 0 Å². The summed E-state index contributed by atoms with van der Waals surface area (Å²) in [6.07, 6.45) is 6.10. The van der Waals surface area contributed by atoms with Gasteiger partial charge in [0.1, 0.15) is 5.82 Å². The van der Waals surface area contributed by atoms with Crippen LogP contribution in [0.25, 0.3) is 10.9 Å². The third-order valence-corrected chi connectivity index (χ3v) is 4.94. The summed E-state index contributed by atoms with van der Waals surface area (Å²) in [5, 5.41) is 11.9. The van der Waals surface area contributed by atoms with Gasteiger partial charge in [-0.1, -0.05) is 18.6 Å². The molecule has 3 aromatic rings. The third kappa shape index (κ3) is 3.74. The van der Waals surface area contributed by atoms with Crippen LogP contribution in [0.2, 0.25) is 0 Å². The second-order valence-corrected chi connectivity index (χ2v) is 6.78. The SMILES string of the molecule is O=C(CCn1cnc2ccccc2c1=O)NCc1nnc2n1CCCCC2. The van der Waals surface area contributed by atoms with Crippen molar-refractivity contribution in [2.24, 2.45) is 0 Å². The fourth-order valence-corrected chi connectivity index (χ4v) is 3.43. The molecule has 0 atom stereocenters. The minimum absolute atomic E-state index is 0.124. The number of fused-ring (bicyclic) bond motifs is 2. The molecule has 1 aliphatic rings. The van der Waals surface area contributed by atoms with Crippen LogP contribution in [-0.4, -0.2) is 30.2 Å². The van der Waals surface area contributed by atoms with Crippen LogP contribution in [0.3, 0.4) is 0 Å². The topological polar surface area (TPSA) is 94.7 Å². The highest BCUT2D eigenvalue weighted by Crippen LogP contribution is 2.14. The maximum Gasteiger partial charge on any atom is 0.261 e. The number of aryl methyl sites for hydroxylation is 2. The molecule has 2 aromatic heterocycles. The number of amides is 1. The molecule has 1 N–H and O–H groups in total. The van der Waals surface area contributed by atoms with Crippen LogP contribution in [-0.2, 0) is 30.8 Å². The second kappa shape index (κ2) is 7.69. The molecular weight excluding hydrogens is 344 g/mol. The second-order valence-electron chi connectivity index (χ2n) is 6.78. The average Bonchev–Trinajstić information content (AvgIpc) is 2.92. The molecule has 27 heavy (non-hydrogen) atoms. The zero-order valence-electron chi connectivity index (χ0n) is 15.1. The normalized spacial score (nSPS) is 13.9. The number of carbonyl (C=O) groups excluding carboxylic acids is 1. The average molecular weight is 366 g/mol. The summed E-state index contributed by atoms with van der Waals surface area (Å²) in [7, 11) is 0. The zero-order chi connectivity index (χ0) is 18.6. The monoisotopic (exact) mass is 366 g/mol. The fourth-order valence-electron chi connectivity index (χ4n) is 3.43. The van der Waals surface area contributed by atoms with Gasteiger partial charge in [0.2, 0.25) is 5.91 Å². The summed E-state index contributed by atoms with van der Waals surface area (Å²) < 4.78 is 3.59. The highest BCUT2D eigenvalue weighted by Gasteiger charge is 2.15. The molecular formula is C19H22N6O2. The molecule has 1 aromatic carbocycles. The summed E-state index contributed by atoms with van der Waals surface area (Å²) in [4.78, 5) is 28.9. The van der Waals surface area contributed by atoms with Gasteiger partial charge in [0, 0.05) is 25.9 Å². The lowest BCUT2D eigenvalue weighted by molar-refractivity contribution is -0.121. The number of carbonyl (C=O) groups is 1. The molecule has 1 aliphatic heterocycles. The van der Waals surface area contributed by atoms with Crippen LogP contribution >= 0.6 is 0 Å². The summed E-state index contributed by atoms with van der Waals surface area (Å²) in [5.41, 5.74) is 0.534. The van der Waals surface area contributed by atoms with Gasteiger partial charge < -0.3 is 9.88 Å². The van der Waals surface area contributed by atoms with Gasteiger partial charge in [-0.25, -0.2) is 4.98 Å². The summed E-state index contributed by atoms with van der Waals surface area (Å²) in [5.74, 6) is 1.68. The van der Waals surface area contributed by atoms with Gasteiger partial charge in [-0.3, -0.25) is 14.2 Å². The number of hydrogen-bond donors (Lipinski definition) is 1. The van der Waals surface area contributed by atoms with Crippen molar-refractivity contribution in [2.45, 2.75) is 51.7 Å². The Bertz CT molecular complexity index is 1020. The standard InChI is InChI=1S/C19H22N6O2/c26-18(20-12-17-23-22-16-8-2-1-5-10-25(16)17)9-11-24-13-21-15-7-4-3-6-14(15)19(24)27/h3-4,6-7,13H,1-2,5,8-12H2,(H,20,26). The van der Waals surface area contributed by atoms with E-state index in [1.54, 1.807) is 12.1 Å². The number of nitrogens with zero attached hydrogens (tertiary/aromatic N) is 5. The Hall–Kier alpha value is -3.03. The number of para-hydroxylation sites is 1. The number of nitrogens with one attached hydrogen (secondary N) is 1. The predicted molar refractivity (Wildman–Crippen MR) is 100 cm³/mol. The van der Waals surface area contributed by atoms with Gasteiger partial charge in [0.15, 0.2) is 5.82 Å². The number of benzene rings is 1. The first-order valence-electron chi connectivity index (χ1n) is 9.34. The van der Waals surface area contributed by atoms with Gasteiger partial charge in [0.25, 0.3) is 5.56 Å². The van der Waals surface area contributed by atoms with Crippen molar-refractivity contribution in [3.63, 3.8) is 0 Å². The molecule has 4 rings (SSSR count). The Labute approximate surface area is 156 Å². The van der Waals surface area contributed by atoms with Gasteiger partial charge in [0.05, 0.1) is 23.8 Å². The van der Waals surface area contributed by atoms with Crippen molar-refractivity contribution in [3.05, 3.63) is 52.6 Å². The predicted octanol–water partition coefficient (Wildman–Crippen LogP) is 1.42. The van der Waals surface area contributed by atoms with E-state index in [-0.39, 0.29) is 17.9 Å². The molecule has 0 unspecified atom stereocenters. The molecule has 3 heterocycles. The van der Waals surface area contributed by atoms with Crippen molar-refractivity contribution < 1.29 is 4.79 Å². The van der Waals surface area contributed by atoms with Gasteiger partial charge in [-0.15, -0.1) is 10.2 Å². The van der Waals surface area contributed by atoms with Gasteiger partial charge >= 0.3 is 0 Å². The van der Waals surface area contributed by atoms with Gasteiger partial charge in [-0.2, -0.15) is 0 Å². The highest BCUT2D eigenvalue weighted by molar-refractivity contribution is 5.77. The molecule has 0 saturated heterocycles. The number of hydrogen-bond acceptors (Lipinski definition) is 5. The minimum atomic E-state index is -0.129.